The van der Waals surface area contributed by atoms with E-state index in [1.54, 1.807) is 4.90 Å². The van der Waals surface area contributed by atoms with Crippen molar-refractivity contribution in [3.05, 3.63) is 60.2 Å². The molecule has 1 saturated heterocycles. The van der Waals surface area contributed by atoms with Crippen molar-refractivity contribution in [2.24, 2.45) is 0 Å². The predicted molar refractivity (Wildman–Crippen MR) is 129 cm³/mol. The van der Waals surface area contributed by atoms with Crippen LogP contribution in [-0.4, -0.2) is 62.7 Å². The summed E-state index contributed by atoms with van der Waals surface area (Å²) >= 11 is 0. The van der Waals surface area contributed by atoms with Crippen LogP contribution >= 0.6 is 0 Å². The molecule has 8 heteroatoms. The molecule has 180 valence electrons. The first-order valence-corrected chi connectivity index (χ1v) is 11.7. The Balaban J connectivity index is 1.41. The molecule has 2 amide bonds. The van der Waals surface area contributed by atoms with Gasteiger partial charge in [0, 0.05) is 51.3 Å². The summed E-state index contributed by atoms with van der Waals surface area (Å²) in [6, 6.07) is 18.9. The lowest BCUT2D eigenvalue weighted by Gasteiger charge is -2.26. The van der Waals surface area contributed by atoms with Crippen LogP contribution in [0.15, 0.2) is 54.6 Å². The molecule has 0 saturated carbocycles. The fourth-order valence-corrected chi connectivity index (χ4v) is 3.67. The lowest BCUT2D eigenvalue weighted by Crippen LogP contribution is -2.38. The van der Waals surface area contributed by atoms with Crippen LogP contribution in [-0.2, 0) is 20.9 Å². The summed E-state index contributed by atoms with van der Waals surface area (Å²) in [6.45, 7) is 5.52. The fraction of sp³-hybridized carbons (Fsp3) is 0.423. The third-order valence-electron chi connectivity index (χ3n) is 5.55. The van der Waals surface area contributed by atoms with Gasteiger partial charge in [-0.2, -0.15) is 5.26 Å². The lowest BCUT2D eigenvalue weighted by molar-refractivity contribution is -0.125. The topological polar surface area (TPSA) is 94.9 Å². The van der Waals surface area contributed by atoms with Crippen LogP contribution in [0.3, 0.4) is 0 Å². The van der Waals surface area contributed by atoms with Crippen LogP contribution in [0.25, 0.3) is 0 Å². The second kappa shape index (κ2) is 14.0. The van der Waals surface area contributed by atoms with Gasteiger partial charge in [-0.3, -0.25) is 14.5 Å². The number of morpholine rings is 1. The van der Waals surface area contributed by atoms with Crippen LogP contribution in [0.5, 0.6) is 5.75 Å². The minimum atomic E-state index is -0.194. The minimum absolute atomic E-state index is 0.0802. The van der Waals surface area contributed by atoms with Crippen molar-refractivity contribution in [3.63, 3.8) is 0 Å². The van der Waals surface area contributed by atoms with Crippen LogP contribution in [0.1, 0.15) is 24.8 Å². The van der Waals surface area contributed by atoms with E-state index in [1.807, 2.05) is 54.6 Å². The van der Waals surface area contributed by atoms with Gasteiger partial charge in [0.15, 0.2) is 0 Å². The number of carbonyl (C=O) groups is 2. The summed E-state index contributed by atoms with van der Waals surface area (Å²) in [4.78, 5) is 28.9. The molecule has 1 fully saturated rings. The highest BCUT2D eigenvalue weighted by Crippen LogP contribution is 2.16. The maximum absolute atomic E-state index is 12.7. The number of anilines is 1. The predicted octanol–water partition coefficient (Wildman–Crippen LogP) is 2.74. The molecule has 0 bridgehead atoms. The van der Waals surface area contributed by atoms with Gasteiger partial charge in [-0.05, 0) is 29.8 Å². The number of amides is 2. The Labute approximate surface area is 201 Å². The number of ether oxygens (including phenoxy) is 2. The molecular weight excluding hydrogens is 432 g/mol. The molecule has 0 atom stereocenters. The smallest absolute Gasteiger partial charge is 0.227 e. The van der Waals surface area contributed by atoms with Gasteiger partial charge in [-0.1, -0.05) is 30.3 Å². The maximum Gasteiger partial charge on any atom is 0.227 e. The number of nitriles is 1. The number of benzene rings is 2. The monoisotopic (exact) mass is 464 g/mol. The molecule has 2 aromatic carbocycles. The zero-order chi connectivity index (χ0) is 24.0. The van der Waals surface area contributed by atoms with Gasteiger partial charge in [-0.25, -0.2) is 0 Å². The zero-order valence-electron chi connectivity index (χ0n) is 19.4. The molecule has 8 nitrogen and oxygen atoms in total. The SMILES string of the molecule is N#CCCN(C(=O)CCC(=O)NCc1cccc(OCCN2CCOCC2)c1)c1ccccc1. The van der Waals surface area contributed by atoms with Gasteiger partial charge < -0.3 is 19.7 Å². The molecule has 1 heterocycles. The molecule has 0 aromatic heterocycles. The second-order valence-corrected chi connectivity index (χ2v) is 8.02. The van der Waals surface area contributed by atoms with E-state index in [0.29, 0.717) is 19.7 Å². The summed E-state index contributed by atoms with van der Waals surface area (Å²) < 4.78 is 11.2. The number of hydrogen-bond acceptors (Lipinski definition) is 6. The molecule has 3 rings (SSSR count). The van der Waals surface area contributed by atoms with Crippen molar-refractivity contribution in [2.45, 2.75) is 25.8 Å². The van der Waals surface area contributed by atoms with Gasteiger partial charge >= 0.3 is 0 Å². The number of hydrogen-bond donors (Lipinski definition) is 1. The first kappa shape index (κ1) is 25.2. The standard InChI is InChI=1S/C26H32N4O4/c27-12-5-13-30(23-7-2-1-3-8-23)26(32)11-10-25(31)28-21-22-6-4-9-24(20-22)34-19-16-29-14-17-33-18-15-29/h1-4,6-9,20H,5,10-11,13-19,21H2,(H,28,31). The van der Waals surface area contributed by atoms with Gasteiger partial charge in [0.05, 0.1) is 25.7 Å². The van der Waals surface area contributed by atoms with Crippen LogP contribution in [0.2, 0.25) is 0 Å². The Morgan fingerprint density at radius 1 is 1.09 bits per heavy atom. The van der Waals surface area contributed by atoms with E-state index in [0.717, 1.165) is 49.8 Å². The number of nitrogens with zero attached hydrogens (tertiary/aromatic N) is 3. The summed E-state index contributed by atoms with van der Waals surface area (Å²) in [5.41, 5.74) is 1.66. The van der Waals surface area contributed by atoms with E-state index < -0.39 is 0 Å². The molecule has 0 spiro atoms. The molecule has 0 unspecified atom stereocenters. The van der Waals surface area contributed by atoms with E-state index in [9.17, 15) is 9.59 Å². The third-order valence-corrected chi connectivity index (χ3v) is 5.55. The van der Waals surface area contributed by atoms with Gasteiger partial charge in [0.2, 0.25) is 11.8 Å². The first-order chi connectivity index (χ1) is 16.7. The van der Waals surface area contributed by atoms with Crippen molar-refractivity contribution in [3.8, 4) is 11.8 Å². The number of carbonyl (C=O) groups excluding carboxylic acids is 2. The van der Waals surface area contributed by atoms with Gasteiger partial charge in [0.1, 0.15) is 12.4 Å². The number of rotatable bonds is 12. The normalized spacial score (nSPS) is 13.6. The van der Waals surface area contributed by atoms with Crippen molar-refractivity contribution >= 4 is 17.5 Å². The average Bonchev–Trinajstić information content (AvgIpc) is 2.88. The van der Waals surface area contributed by atoms with E-state index in [-0.39, 0.29) is 31.1 Å². The van der Waals surface area contributed by atoms with Gasteiger partial charge in [-0.15, -0.1) is 0 Å². The highest BCUT2D eigenvalue weighted by molar-refractivity contribution is 5.95. The minimum Gasteiger partial charge on any atom is -0.492 e. The third kappa shape index (κ3) is 8.50. The Morgan fingerprint density at radius 2 is 1.88 bits per heavy atom. The van der Waals surface area contributed by atoms with E-state index >= 15 is 0 Å². The molecule has 0 radical (unpaired) electrons. The van der Waals surface area contributed by atoms with Crippen LogP contribution < -0.4 is 15.0 Å². The van der Waals surface area contributed by atoms with E-state index in [4.69, 9.17) is 14.7 Å². The average molecular weight is 465 g/mol. The van der Waals surface area contributed by atoms with Crippen molar-refractivity contribution in [1.29, 1.82) is 5.26 Å². The molecule has 34 heavy (non-hydrogen) atoms. The quantitative estimate of drug-likeness (QED) is 0.519. The summed E-state index contributed by atoms with van der Waals surface area (Å²) in [6.07, 6.45) is 0.402. The molecule has 1 aliphatic heterocycles. The second-order valence-electron chi connectivity index (χ2n) is 8.02. The first-order valence-electron chi connectivity index (χ1n) is 11.7. The summed E-state index contributed by atoms with van der Waals surface area (Å²) in [5, 5.41) is 11.8. The highest BCUT2D eigenvalue weighted by atomic mass is 16.5. The molecule has 1 N–H and O–H groups in total. The van der Waals surface area contributed by atoms with Crippen molar-refractivity contribution in [1.82, 2.24) is 10.2 Å². The maximum atomic E-state index is 12.7. The van der Waals surface area contributed by atoms with Gasteiger partial charge in [0.25, 0.3) is 0 Å². The van der Waals surface area contributed by atoms with Crippen LogP contribution in [0.4, 0.5) is 5.69 Å². The molecule has 1 aliphatic rings. The lowest BCUT2D eigenvalue weighted by atomic mass is 10.2. The largest absolute Gasteiger partial charge is 0.492 e. The Morgan fingerprint density at radius 3 is 2.65 bits per heavy atom. The Hall–Kier alpha value is -3.41. The van der Waals surface area contributed by atoms with E-state index in [1.165, 1.54) is 0 Å². The summed E-state index contributed by atoms with van der Waals surface area (Å²) in [7, 11) is 0. The molecular formula is C26H32N4O4. The Kier molecular flexibility index (Phi) is 10.4. The van der Waals surface area contributed by atoms with E-state index in [2.05, 4.69) is 16.3 Å². The fourth-order valence-electron chi connectivity index (χ4n) is 3.67. The highest BCUT2D eigenvalue weighted by Gasteiger charge is 2.16. The Bertz CT molecular complexity index is 955. The molecule has 0 aliphatic carbocycles. The number of para-hydroxylation sites is 1. The summed E-state index contributed by atoms with van der Waals surface area (Å²) in [5.74, 6) is 0.402. The van der Waals surface area contributed by atoms with Crippen molar-refractivity contribution < 1.29 is 19.1 Å². The molecule has 2 aromatic rings. The van der Waals surface area contributed by atoms with Crippen LogP contribution in [0, 0.1) is 11.3 Å². The zero-order valence-corrected chi connectivity index (χ0v) is 19.4. The van der Waals surface area contributed by atoms with Crippen molar-refractivity contribution in [2.75, 3.05) is 50.9 Å². The number of nitrogens with one attached hydrogen (secondary N) is 1.